The third-order valence-corrected chi connectivity index (χ3v) is 4.74. The molecule has 1 amide bonds. The van der Waals surface area contributed by atoms with Crippen LogP contribution in [-0.4, -0.2) is 40.4 Å². The summed E-state index contributed by atoms with van der Waals surface area (Å²) in [6, 6.07) is 12.0. The zero-order valence-corrected chi connectivity index (χ0v) is 15.7. The second kappa shape index (κ2) is 9.18. The third kappa shape index (κ3) is 5.82. The lowest BCUT2D eigenvalue weighted by atomic mass is 10.1. The lowest BCUT2D eigenvalue weighted by Gasteiger charge is -2.14. The van der Waals surface area contributed by atoms with Crippen LogP contribution in [0, 0.1) is 5.82 Å². The molecule has 140 valence electrons. The molecule has 2 heterocycles. The van der Waals surface area contributed by atoms with E-state index in [9.17, 15) is 9.18 Å². The van der Waals surface area contributed by atoms with Crippen molar-refractivity contribution in [1.82, 2.24) is 19.7 Å². The molecule has 0 radical (unpaired) electrons. The molecule has 0 spiro atoms. The molecule has 0 atom stereocenters. The Bertz CT molecular complexity index is 869. The number of likely N-dealkylation sites (N-methyl/N-ethyl adjacent to an activating group) is 1. The Morgan fingerprint density at radius 3 is 2.78 bits per heavy atom. The van der Waals surface area contributed by atoms with E-state index in [1.165, 1.54) is 23.7 Å². The third-order valence-electron chi connectivity index (χ3n) is 3.87. The molecule has 1 N–H and O–H groups in total. The van der Waals surface area contributed by atoms with Crippen LogP contribution in [-0.2, 0) is 17.6 Å². The Hall–Kier alpha value is -2.87. The van der Waals surface area contributed by atoms with Gasteiger partial charge in [0.15, 0.2) is 0 Å². The van der Waals surface area contributed by atoms with Gasteiger partial charge in [-0.25, -0.2) is 9.37 Å². The molecule has 27 heavy (non-hydrogen) atoms. The van der Waals surface area contributed by atoms with E-state index in [4.69, 9.17) is 0 Å². The van der Waals surface area contributed by atoms with E-state index < -0.39 is 0 Å². The summed E-state index contributed by atoms with van der Waals surface area (Å²) in [5.74, 6) is 0.312. The van der Waals surface area contributed by atoms with Gasteiger partial charge in [0.2, 0.25) is 11.0 Å². The van der Waals surface area contributed by atoms with E-state index in [1.54, 1.807) is 30.3 Å². The van der Waals surface area contributed by atoms with E-state index in [0.717, 1.165) is 11.3 Å². The zero-order chi connectivity index (χ0) is 19.1. The molecule has 3 rings (SSSR count). The number of hydrogen-bond acceptors (Lipinski definition) is 6. The standard InChI is InChI=1S/C19H20FN5OS/c1-25(13-18(26)22-11-9-16-4-2-3-10-21-16)19-23-17(24-27-19)12-14-5-7-15(20)8-6-14/h2-8,10H,9,11-13H2,1H3,(H,22,26). The topological polar surface area (TPSA) is 71.0 Å². The largest absolute Gasteiger partial charge is 0.354 e. The van der Waals surface area contributed by atoms with Gasteiger partial charge in [0.05, 0.1) is 6.54 Å². The lowest BCUT2D eigenvalue weighted by molar-refractivity contribution is -0.119. The minimum absolute atomic E-state index is 0.0799. The van der Waals surface area contributed by atoms with Crippen LogP contribution in [0.2, 0.25) is 0 Å². The molecule has 1 aromatic carbocycles. The quantitative estimate of drug-likeness (QED) is 0.645. The van der Waals surface area contributed by atoms with Crippen molar-refractivity contribution in [2.75, 3.05) is 25.0 Å². The number of nitrogens with zero attached hydrogens (tertiary/aromatic N) is 4. The first kappa shape index (κ1) is 18.9. The first-order valence-corrected chi connectivity index (χ1v) is 9.32. The summed E-state index contributed by atoms with van der Waals surface area (Å²) in [6.45, 7) is 0.739. The lowest BCUT2D eigenvalue weighted by Crippen LogP contribution is -2.36. The van der Waals surface area contributed by atoms with E-state index in [-0.39, 0.29) is 18.3 Å². The van der Waals surface area contributed by atoms with Crippen molar-refractivity contribution in [2.24, 2.45) is 0 Å². The molecular weight excluding hydrogens is 365 g/mol. The van der Waals surface area contributed by atoms with Crippen molar-refractivity contribution in [3.63, 3.8) is 0 Å². The highest BCUT2D eigenvalue weighted by Crippen LogP contribution is 2.17. The molecule has 0 aliphatic heterocycles. The van der Waals surface area contributed by atoms with Gasteiger partial charge >= 0.3 is 0 Å². The van der Waals surface area contributed by atoms with Crippen LogP contribution in [0.4, 0.5) is 9.52 Å². The van der Waals surface area contributed by atoms with Crippen LogP contribution in [0.15, 0.2) is 48.7 Å². The fourth-order valence-electron chi connectivity index (χ4n) is 2.47. The van der Waals surface area contributed by atoms with Gasteiger partial charge < -0.3 is 10.2 Å². The summed E-state index contributed by atoms with van der Waals surface area (Å²) in [6.07, 6.45) is 2.96. The molecule has 0 bridgehead atoms. The van der Waals surface area contributed by atoms with Gasteiger partial charge in [-0.3, -0.25) is 9.78 Å². The Balaban J connectivity index is 1.46. The second-order valence-electron chi connectivity index (χ2n) is 6.07. The Morgan fingerprint density at radius 1 is 1.22 bits per heavy atom. The molecule has 0 unspecified atom stereocenters. The second-order valence-corrected chi connectivity index (χ2v) is 6.80. The predicted molar refractivity (Wildman–Crippen MR) is 103 cm³/mol. The minimum atomic E-state index is -0.264. The first-order valence-electron chi connectivity index (χ1n) is 8.55. The van der Waals surface area contributed by atoms with Gasteiger partial charge in [-0.1, -0.05) is 18.2 Å². The number of benzene rings is 1. The zero-order valence-electron chi connectivity index (χ0n) is 14.9. The highest BCUT2D eigenvalue weighted by atomic mass is 32.1. The van der Waals surface area contributed by atoms with E-state index in [1.807, 2.05) is 18.2 Å². The van der Waals surface area contributed by atoms with Gasteiger partial charge in [-0.05, 0) is 29.8 Å². The van der Waals surface area contributed by atoms with Gasteiger partial charge in [-0.15, -0.1) is 0 Å². The Kier molecular flexibility index (Phi) is 6.43. The van der Waals surface area contributed by atoms with Crippen LogP contribution in [0.25, 0.3) is 0 Å². The maximum Gasteiger partial charge on any atom is 0.239 e. The molecule has 0 saturated heterocycles. The minimum Gasteiger partial charge on any atom is -0.354 e. The molecule has 0 saturated carbocycles. The molecule has 0 aliphatic rings. The van der Waals surface area contributed by atoms with Gasteiger partial charge in [0, 0.05) is 49.9 Å². The number of anilines is 1. The fraction of sp³-hybridized carbons (Fsp3) is 0.263. The maximum absolute atomic E-state index is 13.0. The first-order chi connectivity index (χ1) is 13.1. The number of carbonyl (C=O) groups excluding carboxylic acids is 1. The maximum atomic E-state index is 13.0. The van der Waals surface area contributed by atoms with E-state index in [2.05, 4.69) is 19.7 Å². The fourth-order valence-corrected chi connectivity index (χ4v) is 3.11. The SMILES string of the molecule is CN(CC(=O)NCCc1ccccn1)c1nc(Cc2ccc(F)cc2)ns1. The van der Waals surface area contributed by atoms with Gasteiger partial charge in [0.25, 0.3) is 0 Å². The van der Waals surface area contributed by atoms with E-state index >= 15 is 0 Å². The number of hydrogen-bond donors (Lipinski definition) is 1. The highest BCUT2D eigenvalue weighted by Gasteiger charge is 2.12. The van der Waals surface area contributed by atoms with Gasteiger partial charge in [-0.2, -0.15) is 4.37 Å². The van der Waals surface area contributed by atoms with Crippen molar-refractivity contribution >= 4 is 22.6 Å². The van der Waals surface area contributed by atoms with Crippen molar-refractivity contribution in [3.05, 3.63) is 71.6 Å². The summed E-state index contributed by atoms with van der Waals surface area (Å²) in [5, 5.41) is 3.56. The summed E-state index contributed by atoms with van der Waals surface area (Å²) >= 11 is 1.24. The average molecular weight is 385 g/mol. The smallest absolute Gasteiger partial charge is 0.239 e. The predicted octanol–water partition coefficient (Wildman–Crippen LogP) is 2.46. The van der Waals surface area contributed by atoms with Gasteiger partial charge in [0.1, 0.15) is 11.6 Å². The van der Waals surface area contributed by atoms with Crippen LogP contribution in [0.5, 0.6) is 0 Å². The monoisotopic (exact) mass is 385 g/mol. The molecule has 0 aliphatic carbocycles. The molecular formula is C19H20FN5OS. The molecule has 8 heteroatoms. The van der Waals surface area contributed by atoms with Crippen molar-refractivity contribution in [3.8, 4) is 0 Å². The summed E-state index contributed by atoms with van der Waals surface area (Å²) in [4.78, 5) is 22.5. The molecule has 6 nitrogen and oxygen atoms in total. The number of pyridine rings is 1. The van der Waals surface area contributed by atoms with Crippen molar-refractivity contribution in [1.29, 1.82) is 0 Å². The normalized spacial score (nSPS) is 10.6. The number of carbonyl (C=O) groups is 1. The average Bonchev–Trinajstić information content (AvgIpc) is 3.13. The Morgan fingerprint density at radius 2 is 2.04 bits per heavy atom. The Labute approximate surface area is 161 Å². The van der Waals surface area contributed by atoms with Crippen molar-refractivity contribution in [2.45, 2.75) is 12.8 Å². The number of halogens is 1. The summed E-state index contributed by atoms with van der Waals surface area (Å²) in [7, 11) is 1.81. The van der Waals surface area contributed by atoms with Crippen LogP contribution in [0.1, 0.15) is 17.1 Å². The van der Waals surface area contributed by atoms with Crippen LogP contribution >= 0.6 is 11.5 Å². The highest BCUT2D eigenvalue weighted by molar-refractivity contribution is 7.09. The summed E-state index contributed by atoms with van der Waals surface area (Å²) in [5.41, 5.74) is 1.89. The summed E-state index contributed by atoms with van der Waals surface area (Å²) < 4.78 is 17.3. The number of rotatable bonds is 8. The van der Waals surface area contributed by atoms with Crippen molar-refractivity contribution < 1.29 is 9.18 Å². The molecule has 2 aromatic heterocycles. The number of amides is 1. The number of aromatic nitrogens is 3. The van der Waals surface area contributed by atoms with Crippen LogP contribution < -0.4 is 10.2 Å². The molecule has 0 fully saturated rings. The van der Waals surface area contributed by atoms with Crippen LogP contribution in [0.3, 0.4) is 0 Å². The number of nitrogens with one attached hydrogen (secondary N) is 1. The van der Waals surface area contributed by atoms with E-state index in [0.29, 0.717) is 30.3 Å². The molecule has 3 aromatic rings.